The van der Waals surface area contributed by atoms with Crippen molar-refractivity contribution in [2.75, 3.05) is 5.88 Å². The number of aliphatic hydroxyl groups is 1. The van der Waals surface area contributed by atoms with E-state index in [1.165, 1.54) is 0 Å². The first-order valence-corrected chi connectivity index (χ1v) is 13.2. The van der Waals surface area contributed by atoms with Gasteiger partial charge in [-0.15, -0.1) is 11.6 Å². The average Bonchev–Trinajstić information content (AvgIpc) is 2.97. The molecule has 0 aromatic carbocycles. The molecule has 1 N–H and O–H groups in total. The number of hydrogen-bond donors (Lipinski definition) is 1. The highest BCUT2D eigenvalue weighted by Gasteiger charge is 2.77. The van der Waals surface area contributed by atoms with Crippen LogP contribution in [-0.2, 0) is 19.1 Å². The molecule has 0 radical (unpaired) electrons. The minimum Gasteiger partial charge on any atom is -0.450 e. The Morgan fingerprint density at radius 1 is 1.21 bits per heavy atom. The van der Waals surface area contributed by atoms with Crippen molar-refractivity contribution in [2.45, 2.75) is 103 Å². The Morgan fingerprint density at radius 2 is 1.91 bits per heavy atom. The second-order valence-electron chi connectivity index (χ2n) is 11.7. The van der Waals surface area contributed by atoms with Gasteiger partial charge in [-0.1, -0.05) is 27.7 Å². The lowest BCUT2D eigenvalue weighted by Crippen LogP contribution is -2.71. The second-order valence-corrected chi connectivity index (χ2v) is 12.0. The first-order chi connectivity index (χ1) is 15.4. The number of halogens is 2. The maximum atomic E-state index is 17.3. The van der Waals surface area contributed by atoms with Gasteiger partial charge >= 0.3 is 5.97 Å². The first kappa shape index (κ1) is 25.1. The summed E-state index contributed by atoms with van der Waals surface area (Å²) in [7, 11) is 0. The number of carbonyl (C=O) groups is 3. The summed E-state index contributed by atoms with van der Waals surface area (Å²) in [6.45, 7) is 7.58. The molecule has 0 spiro atoms. The number of carbonyl (C=O) groups excluding carboxylic acids is 3. The summed E-state index contributed by atoms with van der Waals surface area (Å²) in [5.41, 5.74) is -4.99. The summed E-state index contributed by atoms with van der Waals surface area (Å²) >= 11 is 6.06. The van der Waals surface area contributed by atoms with Gasteiger partial charge in [-0.3, -0.25) is 14.4 Å². The van der Waals surface area contributed by atoms with Crippen LogP contribution in [0.15, 0.2) is 0 Å². The van der Waals surface area contributed by atoms with Crippen LogP contribution >= 0.6 is 11.6 Å². The van der Waals surface area contributed by atoms with E-state index in [0.717, 1.165) is 6.42 Å². The largest absolute Gasteiger partial charge is 0.450 e. The molecule has 4 fully saturated rings. The number of Topliss-reactive ketones (excluding diaryl/α,β-unsaturated/α-hetero) is 2. The zero-order valence-electron chi connectivity index (χ0n) is 20.3. The molecule has 0 aromatic heterocycles. The Kier molecular flexibility index (Phi) is 6.30. The van der Waals surface area contributed by atoms with Gasteiger partial charge in [0.2, 0.25) is 0 Å². The van der Waals surface area contributed by atoms with Gasteiger partial charge in [-0.25, -0.2) is 4.39 Å². The number of ether oxygens (including phenoxy) is 1. The van der Waals surface area contributed by atoms with E-state index in [1.807, 2.05) is 27.7 Å². The number of ketones is 2. The number of fused-ring (bicyclic) bond motifs is 5. The molecule has 4 rings (SSSR count). The fraction of sp³-hybridized carbons (Fsp3) is 0.885. The number of aliphatic hydroxyl groups excluding tert-OH is 1. The molecule has 0 bridgehead atoms. The summed E-state index contributed by atoms with van der Waals surface area (Å²) < 4.78 is 23.4. The predicted octanol–water partition coefficient (Wildman–Crippen LogP) is 4.80. The highest BCUT2D eigenvalue weighted by Crippen LogP contribution is 2.72. The van der Waals surface area contributed by atoms with Crippen molar-refractivity contribution in [3.05, 3.63) is 0 Å². The van der Waals surface area contributed by atoms with E-state index in [-0.39, 0.29) is 48.0 Å². The molecule has 0 saturated heterocycles. The van der Waals surface area contributed by atoms with Crippen LogP contribution in [0.2, 0.25) is 0 Å². The molecule has 0 aromatic rings. The van der Waals surface area contributed by atoms with Crippen LogP contribution in [0.4, 0.5) is 4.39 Å². The Hall–Kier alpha value is -1.01. The molecular weight excluding hydrogens is 447 g/mol. The first-order valence-electron chi connectivity index (χ1n) is 12.6. The molecule has 9 atom stereocenters. The minimum absolute atomic E-state index is 0.0350. The maximum absolute atomic E-state index is 17.3. The molecule has 186 valence electrons. The van der Waals surface area contributed by atoms with Crippen LogP contribution in [0.25, 0.3) is 0 Å². The van der Waals surface area contributed by atoms with E-state index < -0.39 is 40.1 Å². The summed E-state index contributed by atoms with van der Waals surface area (Å²) in [6.07, 6.45) is 2.52. The number of rotatable bonds is 5. The van der Waals surface area contributed by atoms with Gasteiger partial charge in [-0.05, 0) is 56.3 Å². The van der Waals surface area contributed by atoms with Crippen molar-refractivity contribution in [2.24, 2.45) is 34.5 Å². The van der Waals surface area contributed by atoms with Gasteiger partial charge in [0.1, 0.15) is 11.5 Å². The van der Waals surface area contributed by atoms with E-state index in [1.54, 1.807) is 0 Å². The van der Waals surface area contributed by atoms with Crippen molar-refractivity contribution in [1.29, 1.82) is 0 Å². The third kappa shape index (κ3) is 3.15. The van der Waals surface area contributed by atoms with E-state index in [2.05, 4.69) is 0 Å². The Bertz CT molecular complexity index is 849. The SMILES string of the molecule is CCCC(=O)O[C@]1(C(=O)CCl)[C@@H](C)C[C@H]2[C@@H]3CC[C@@H]4CC(=O)CC[C@]4(C)[C@@]3(F)[C@@H](O)C[C@@]21C. The number of hydrogen-bond acceptors (Lipinski definition) is 5. The van der Waals surface area contributed by atoms with Crippen LogP contribution in [-0.4, -0.2) is 45.9 Å². The lowest BCUT2D eigenvalue weighted by molar-refractivity contribution is -0.257. The Balaban J connectivity index is 1.79. The van der Waals surface area contributed by atoms with Crippen LogP contribution in [0, 0.1) is 34.5 Å². The summed E-state index contributed by atoms with van der Waals surface area (Å²) in [5.74, 6) is -2.00. The molecular formula is C26H38ClFO5. The van der Waals surface area contributed by atoms with Crippen molar-refractivity contribution in [1.82, 2.24) is 0 Å². The fourth-order valence-corrected chi connectivity index (χ4v) is 8.97. The molecule has 0 heterocycles. The summed E-state index contributed by atoms with van der Waals surface area (Å²) in [6, 6.07) is 0. The summed E-state index contributed by atoms with van der Waals surface area (Å²) in [4.78, 5) is 38.2. The molecule has 7 heteroatoms. The number of alkyl halides is 2. The van der Waals surface area contributed by atoms with E-state index >= 15 is 4.39 Å². The van der Waals surface area contributed by atoms with Crippen LogP contribution < -0.4 is 0 Å². The zero-order chi connectivity index (χ0) is 24.4. The average molecular weight is 485 g/mol. The van der Waals surface area contributed by atoms with Gasteiger partial charge in [0, 0.05) is 36.0 Å². The highest BCUT2D eigenvalue weighted by atomic mass is 35.5. The zero-order valence-corrected chi connectivity index (χ0v) is 21.0. The third-order valence-electron chi connectivity index (χ3n) is 10.4. The fourth-order valence-electron chi connectivity index (χ4n) is 8.77. The maximum Gasteiger partial charge on any atom is 0.306 e. The second kappa shape index (κ2) is 8.29. The Morgan fingerprint density at radius 3 is 2.55 bits per heavy atom. The van der Waals surface area contributed by atoms with Gasteiger partial charge in [0.15, 0.2) is 11.4 Å². The van der Waals surface area contributed by atoms with Crippen molar-refractivity contribution in [3.8, 4) is 0 Å². The monoisotopic (exact) mass is 484 g/mol. The van der Waals surface area contributed by atoms with E-state index in [4.69, 9.17) is 16.3 Å². The topological polar surface area (TPSA) is 80.7 Å². The van der Waals surface area contributed by atoms with E-state index in [9.17, 15) is 19.5 Å². The molecule has 4 aliphatic carbocycles. The number of esters is 1. The Labute approximate surface area is 201 Å². The highest BCUT2D eigenvalue weighted by molar-refractivity contribution is 6.29. The van der Waals surface area contributed by atoms with Crippen molar-refractivity contribution in [3.63, 3.8) is 0 Å². The predicted molar refractivity (Wildman–Crippen MR) is 122 cm³/mol. The molecule has 0 amide bonds. The van der Waals surface area contributed by atoms with Gasteiger partial charge < -0.3 is 9.84 Å². The summed E-state index contributed by atoms with van der Waals surface area (Å²) in [5, 5.41) is 11.5. The van der Waals surface area contributed by atoms with Crippen molar-refractivity contribution >= 4 is 29.1 Å². The molecule has 0 aliphatic heterocycles. The molecule has 33 heavy (non-hydrogen) atoms. The van der Waals surface area contributed by atoms with E-state index in [0.29, 0.717) is 38.5 Å². The van der Waals surface area contributed by atoms with Crippen molar-refractivity contribution < 1.29 is 28.6 Å². The molecule has 5 nitrogen and oxygen atoms in total. The van der Waals surface area contributed by atoms with Gasteiger partial charge in [0.05, 0.1) is 12.0 Å². The normalized spacial score (nSPS) is 49.1. The molecule has 4 aliphatic rings. The minimum atomic E-state index is -1.84. The lowest BCUT2D eigenvalue weighted by Gasteiger charge is -2.65. The van der Waals surface area contributed by atoms with Gasteiger partial charge in [0.25, 0.3) is 0 Å². The van der Waals surface area contributed by atoms with Crippen LogP contribution in [0.1, 0.15) is 85.5 Å². The smallest absolute Gasteiger partial charge is 0.306 e. The third-order valence-corrected chi connectivity index (χ3v) is 10.6. The molecule has 0 unspecified atom stereocenters. The van der Waals surface area contributed by atoms with Gasteiger partial charge in [-0.2, -0.15) is 0 Å². The van der Waals surface area contributed by atoms with Crippen LogP contribution in [0.3, 0.4) is 0 Å². The standard InChI is InChI=1S/C26H38ClFO5/c1-5-6-22(32)33-26(21(31)14-27)15(2)11-19-18-8-7-16-12-17(29)9-10-23(16,3)25(18,28)20(30)13-24(19,26)4/h15-16,18-20,30H,5-14H2,1-4H3/t15-,16+,18-,19-,20-,23-,24-,25-,26-/m0/s1. The lowest BCUT2D eigenvalue weighted by atomic mass is 9.42. The quantitative estimate of drug-likeness (QED) is 0.448. The molecule has 4 saturated carbocycles. The van der Waals surface area contributed by atoms with Crippen LogP contribution in [0.5, 0.6) is 0 Å².